The molecule has 0 aliphatic rings. The topological polar surface area (TPSA) is 59.1 Å². The van der Waals surface area contributed by atoms with Crippen LogP contribution in [0.25, 0.3) is 0 Å². The lowest BCUT2D eigenvalue weighted by Gasteiger charge is -2.20. The Bertz CT molecular complexity index is 464. The highest BCUT2D eigenvalue weighted by atomic mass is 32.2. The monoisotopic (exact) mass is 270 g/mol. The van der Waals surface area contributed by atoms with E-state index in [2.05, 4.69) is 10.3 Å². The second-order valence-corrected chi connectivity index (χ2v) is 8.25. The predicted molar refractivity (Wildman–Crippen MR) is 74.2 cm³/mol. The SMILES string of the molecule is CC(NCCS(=O)(=O)C(C)(C)C)c1ccncc1. The summed E-state index contributed by atoms with van der Waals surface area (Å²) in [5.74, 6) is 0.159. The lowest BCUT2D eigenvalue weighted by molar-refractivity contribution is 0.546. The number of hydrogen-bond acceptors (Lipinski definition) is 4. The number of pyridine rings is 1. The Labute approximate surface area is 110 Å². The number of nitrogens with one attached hydrogen (secondary N) is 1. The summed E-state index contributed by atoms with van der Waals surface area (Å²) < 4.78 is 23.2. The Morgan fingerprint density at radius 2 is 1.83 bits per heavy atom. The van der Waals surface area contributed by atoms with Gasteiger partial charge < -0.3 is 5.32 Å². The minimum Gasteiger partial charge on any atom is -0.309 e. The first-order valence-corrected chi connectivity index (χ1v) is 7.75. The molecular formula is C13H22N2O2S. The van der Waals surface area contributed by atoms with E-state index < -0.39 is 14.6 Å². The summed E-state index contributed by atoms with van der Waals surface area (Å²) in [5.41, 5.74) is 1.11. The van der Waals surface area contributed by atoms with E-state index in [-0.39, 0.29) is 11.8 Å². The average molecular weight is 270 g/mol. The normalized spacial score (nSPS) is 14.4. The lowest BCUT2D eigenvalue weighted by Crippen LogP contribution is -2.35. The molecule has 1 heterocycles. The Hall–Kier alpha value is -0.940. The maximum atomic E-state index is 11.9. The Morgan fingerprint density at radius 3 is 2.33 bits per heavy atom. The molecule has 0 aliphatic heterocycles. The second kappa shape index (κ2) is 5.80. The van der Waals surface area contributed by atoms with Crippen molar-refractivity contribution in [3.05, 3.63) is 30.1 Å². The minimum absolute atomic E-state index is 0.128. The summed E-state index contributed by atoms with van der Waals surface area (Å²) >= 11 is 0. The fourth-order valence-electron chi connectivity index (χ4n) is 1.49. The van der Waals surface area contributed by atoms with Crippen molar-refractivity contribution in [2.24, 2.45) is 0 Å². The van der Waals surface area contributed by atoms with Crippen molar-refractivity contribution in [2.45, 2.75) is 38.5 Å². The van der Waals surface area contributed by atoms with Crippen LogP contribution < -0.4 is 5.32 Å². The molecule has 0 bridgehead atoms. The van der Waals surface area contributed by atoms with E-state index >= 15 is 0 Å². The zero-order valence-corrected chi connectivity index (χ0v) is 12.3. The molecule has 18 heavy (non-hydrogen) atoms. The van der Waals surface area contributed by atoms with Gasteiger partial charge in [0.2, 0.25) is 0 Å². The molecule has 1 N–H and O–H groups in total. The zero-order valence-electron chi connectivity index (χ0n) is 11.5. The van der Waals surface area contributed by atoms with Crippen molar-refractivity contribution >= 4 is 9.84 Å². The van der Waals surface area contributed by atoms with Gasteiger partial charge in [-0.25, -0.2) is 8.42 Å². The van der Waals surface area contributed by atoms with Crippen molar-refractivity contribution in [2.75, 3.05) is 12.3 Å². The molecule has 0 amide bonds. The van der Waals surface area contributed by atoms with Crippen LogP contribution in [0.4, 0.5) is 0 Å². The van der Waals surface area contributed by atoms with Crippen LogP contribution >= 0.6 is 0 Å². The van der Waals surface area contributed by atoms with E-state index in [9.17, 15) is 8.42 Å². The van der Waals surface area contributed by atoms with Gasteiger partial charge in [-0.3, -0.25) is 4.98 Å². The van der Waals surface area contributed by atoms with Gasteiger partial charge in [-0.1, -0.05) is 0 Å². The van der Waals surface area contributed by atoms with Gasteiger partial charge in [0.25, 0.3) is 0 Å². The van der Waals surface area contributed by atoms with E-state index in [4.69, 9.17) is 0 Å². The third kappa shape index (κ3) is 4.07. The average Bonchev–Trinajstić information content (AvgIpc) is 2.28. The third-order valence-corrected chi connectivity index (χ3v) is 5.57. The van der Waals surface area contributed by atoms with Gasteiger partial charge in [0.05, 0.1) is 10.5 Å². The van der Waals surface area contributed by atoms with Gasteiger partial charge in [0, 0.05) is 25.0 Å². The highest BCUT2D eigenvalue weighted by Crippen LogP contribution is 2.16. The van der Waals surface area contributed by atoms with Gasteiger partial charge in [0.15, 0.2) is 9.84 Å². The first kappa shape index (κ1) is 15.1. The zero-order chi connectivity index (χ0) is 13.8. The fraction of sp³-hybridized carbons (Fsp3) is 0.615. The summed E-state index contributed by atoms with van der Waals surface area (Å²) in [6, 6.07) is 3.98. The molecule has 5 heteroatoms. The second-order valence-electron chi connectivity index (χ2n) is 5.39. The van der Waals surface area contributed by atoms with Crippen molar-refractivity contribution in [1.29, 1.82) is 0 Å². The van der Waals surface area contributed by atoms with Crippen molar-refractivity contribution in [1.82, 2.24) is 10.3 Å². The molecule has 4 nitrogen and oxygen atoms in total. The van der Waals surface area contributed by atoms with Crippen LogP contribution in [0.3, 0.4) is 0 Å². The van der Waals surface area contributed by atoms with Gasteiger partial charge in [0.1, 0.15) is 0 Å². The van der Waals surface area contributed by atoms with E-state index in [0.717, 1.165) is 5.56 Å². The summed E-state index contributed by atoms with van der Waals surface area (Å²) in [4.78, 5) is 3.96. The molecule has 1 aromatic rings. The lowest BCUT2D eigenvalue weighted by atomic mass is 10.1. The Kier molecular flexibility index (Phi) is 4.87. The quantitative estimate of drug-likeness (QED) is 0.888. The van der Waals surface area contributed by atoms with E-state index in [0.29, 0.717) is 6.54 Å². The molecule has 0 aliphatic carbocycles. The largest absolute Gasteiger partial charge is 0.309 e. The molecule has 0 aromatic carbocycles. The number of sulfone groups is 1. The maximum Gasteiger partial charge on any atom is 0.156 e. The first-order chi connectivity index (χ1) is 8.24. The standard InChI is InChI=1S/C13H22N2O2S/c1-11(12-5-7-14-8-6-12)15-9-10-18(16,17)13(2,3)4/h5-8,11,15H,9-10H2,1-4H3. The number of nitrogens with zero attached hydrogens (tertiary/aromatic N) is 1. The van der Waals surface area contributed by atoms with Crippen LogP contribution in [0, 0.1) is 0 Å². The van der Waals surface area contributed by atoms with Gasteiger partial charge in [-0.05, 0) is 45.4 Å². The van der Waals surface area contributed by atoms with Crippen molar-refractivity contribution < 1.29 is 8.42 Å². The smallest absolute Gasteiger partial charge is 0.156 e. The molecular weight excluding hydrogens is 248 g/mol. The third-order valence-electron chi connectivity index (χ3n) is 2.96. The molecule has 0 spiro atoms. The van der Waals surface area contributed by atoms with E-state index in [1.165, 1.54) is 0 Å². The molecule has 1 atom stereocenters. The van der Waals surface area contributed by atoms with Gasteiger partial charge in [-0.2, -0.15) is 0 Å². The van der Waals surface area contributed by atoms with Crippen LogP contribution in [0.15, 0.2) is 24.5 Å². The molecule has 0 saturated heterocycles. The minimum atomic E-state index is -3.05. The molecule has 0 saturated carbocycles. The first-order valence-electron chi connectivity index (χ1n) is 6.09. The molecule has 102 valence electrons. The van der Waals surface area contributed by atoms with Gasteiger partial charge >= 0.3 is 0 Å². The summed E-state index contributed by atoms with van der Waals surface area (Å²) in [6.07, 6.45) is 3.47. The number of aromatic nitrogens is 1. The predicted octanol–water partition coefficient (Wildman–Crippen LogP) is 1.95. The fourth-order valence-corrected chi connectivity index (χ4v) is 2.48. The van der Waals surface area contributed by atoms with Crippen molar-refractivity contribution in [3.8, 4) is 0 Å². The number of hydrogen-bond donors (Lipinski definition) is 1. The molecule has 1 aromatic heterocycles. The van der Waals surface area contributed by atoms with Crippen molar-refractivity contribution in [3.63, 3.8) is 0 Å². The van der Waals surface area contributed by atoms with Crippen LogP contribution in [0.2, 0.25) is 0 Å². The van der Waals surface area contributed by atoms with Crippen LogP contribution in [0.1, 0.15) is 39.3 Å². The highest BCUT2D eigenvalue weighted by molar-refractivity contribution is 7.92. The number of rotatable bonds is 5. The summed E-state index contributed by atoms with van der Waals surface area (Å²) in [5, 5.41) is 3.22. The Morgan fingerprint density at radius 1 is 1.28 bits per heavy atom. The molecule has 0 radical (unpaired) electrons. The van der Waals surface area contributed by atoms with Gasteiger partial charge in [-0.15, -0.1) is 0 Å². The summed E-state index contributed by atoms with van der Waals surface area (Å²) in [7, 11) is -3.05. The van der Waals surface area contributed by atoms with Crippen LogP contribution in [-0.4, -0.2) is 30.4 Å². The van der Waals surface area contributed by atoms with Crippen LogP contribution in [-0.2, 0) is 9.84 Å². The Balaban J connectivity index is 2.49. The van der Waals surface area contributed by atoms with E-state index in [1.54, 1.807) is 33.2 Å². The highest BCUT2D eigenvalue weighted by Gasteiger charge is 2.28. The molecule has 0 fully saturated rings. The van der Waals surface area contributed by atoms with E-state index in [1.807, 2.05) is 19.1 Å². The van der Waals surface area contributed by atoms with Crippen LogP contribution in [0.5, 0.6) is 0 Å². The molecule has 1 rings (SSSR count). The maximum absolute atomic E-state index is 11.9. The molecule has 1 unspecified atom stereocenters. The summed E-state index contributed by atoms with van der Waals surface area (Å²) in [6.45, 7) is 7.67.